The highest BCUT2D eigenvalue weighted by Gasteiger charge is 2.01. The molecule has 0 fully saturated rings. The first-order chi connectivity index (χ1) is 5.20. The van der Waals surface area contributed by atoms with Crippen molar-refractivity contribution in [1.82, 2.24) is 0 Å². The van der Waals surface area contributed by atoms with Gasteiger partial charge in [0.1, 0.15) is 5.82 Å². The second-order valence-corrected chi connectivity index (χ2v) is 2.22. The molecular formula is C7H5ClFNO. The molecule has 1 aromatic rings. The molecule has 1 N–H and O–H groups in total. The number of hydrogen-bond acceptors (Lipinski definition) is 1. The third-order valence-electron chi connectivity index (χ3n) is 1.11. The third-order valence-corrected chi connectivity index (χ3v) is 1.20. The van der Waals surface area contributed by atoms with Crippen LogP contribution in [0.2, 0.25) is 0 Å². The second-order valence-electron chi connectivity index (χ2n) is 1.88. The number of anilines is 1. The van der Waals surface area contributed by atoms with Gasteiger partial charge in [-0.3, -0.25) is 4.79 Å². The average Bonchev–Trinajstić information content (AvgIpc) is 1.93. The molecule has 0 unspecified atom stereocenters. The van der Waals surface area contributed by atoms with Gasteiger partial charge in [-0.15, -0.1) is 0 Å². The van der Waals surface area contributed by atoms with Gasteiger partial charge in [0.2, 0.25) is 0 Å². The van der Waals surface area contributed by atoms with Crippen molar-refractivity contribution >= 4 is 22.7 Å². The standard InChI is InChI=1S/C7H5ClFNO/c8-7(11)10-6-4-2-1-3-5(6)9/h1-4H,(H,10,11). The molecule has 0 spiro atoms. The molecule has 0 aliphatic rings. The minimum atomic E-state index is -0.796. The summed E-state index contributed by atoms with van der Waals surface area (Å²) in [7, 11) is 0. The van der Waals surface area contributed by atoms with Gasteiger partial charge in [0.25, 0.3) is 0 Å². The van der Waals surface area contributed by atoms with Gasteiger partial charge < -0.3 is 5.32 Å². The number of para-hydroxylation sites is 1. The van der Waals surface area contributed by atoms with Gasteiger partial charge >= 0.3 is 5.37 Å². The molecule has 0 aliphatic heterocycles. The molecule has 0 bridgehead atoms. The van der Waals surface area contributed by atoms with Crippen LogP contribution in [0.3, 0.4) is 0 Å². The molecule has 1 rings (SSSR count). The van der Waals surface area contributed by atoms with Crippen LogP contribution in [0.5, 0.6) is 0 Å². The van der Waals surface area contributed by atoms with E-state index in [1.54, 1.807) is 6.07 Å². The highest BCUT2D eigenvalue weighted by molar-refractivity contribution is 6.65. The van der Waals surface area contributed by atoms with Crippen LogP contribution in [-0.4, -0.2) is 5.37 Å². The number of amides is 1. The van der Waals surface area contributed by atoms with Gasteiger partial charge in [-0.05, 0) is 23.7 Å². The molecule has 0 aromatic heterocycles. The molecule has 4 heteroatoms. The van der Waals surface area contributed by atoms with E-state index in [4.69, 9.17) is 11.6 Å². The van der Waals surface area contributed by atoms with Crippen molar-refractivity contribution in [3.63, 3.8) is 0 Å². The summed E-state index contributed by atoms with van der Waals surface area (Å²) in [6.45, 7) is 0. The lowest BCUT2D eigenvalue weighted by Crippen LogP contribution is -2.02. The zero-order valence-corrected chi connectivity index (χ0v) is 6.23. The molecule has 11 heavy (non-hydrogen) atoms. The first-order valence-corrected chi connectivity index (χ1v) is 3.29. The summed E-state index contributed by atoms with van der Waals surface area (Å²) in [5.41, 5.74) is 0.0903. The Morgan fingerprint density at radius 3 is 2.64 bits per heavy atom. The zero-order chi connectivity index (χ0) is 8.27. The van der Waals surface area contributed by atoms with Crippen molar-refractivity contribution < 1.29 is 9.18 Å². The molecule has 1 aromatic carbocycles. The third kappa shape index (κ3) is 2.20. The van der Waals surface area contributed by atoms with Crippen LogP contribution in [0, 0.1) is 5.82 Å². The van der Waals surface area contributed by atoms with E-state index in [-0.39, 0.29) is 5.69 Å². The predicted molar refractivity (Wildman–Crippen MR) is 41.3 cm³/mol. The molecule has 1 amide bonds. The Hall–Kier alpha value is -1.09. The quantitative estimate of drug-likeness (QED) is 0.513. The van der Waals surface area contributed by atoms with Crippen LogP contribution in [0.4, 0.5) is 14.9 Å². The zero-order valence-electron chi connectivity index (χ0n) is 5.47. The molecule has 58 valence electrons. The fraction of sp³-hybridized carbons (Fsp3) is 0. The highest BCUT2D eigenvalue weighted by atomic mass is 35.5. The number of halogens is 2. The fourth-order valence-electron chi connectivity index (χ4n) is 0.668. The van der Waals surface area contributed by atoms with Gasteiger partial charge in [-0.25, -0.2) is 4.39 Å². The second kappa shape index (κ2) is 3.34. The van der Waals surface area contributed by atoms with Crippen molar-refractivity contribution in [3.8, 4) is 0 Å². The molecule has 2 nitrogen and oxygen atoms in total. The van der Waals surface area contributed by atoms with Gasteiger partial charge in [-0.1, -0.05) is 12.1 Å². The van der Waals surface area contributed by atoms with E-state index in [0.29, 0.717) is 0 Å². The first kappa shape index (κ1) is 8.01. The predicted octanol–water partition coefficient (Wildman–Crippen LogP) is 2.60. The van der Waals surface area contributed by atoms with E-state index in [2.05, 4.69) is 5.32 Å². The summed E-state index contributed by atoms with van der Waals surface area (Å²) in [6, 6.07) is 5.79. The lowest BCUT2D eigenvalue weighted by molar-refractivity contribution is 0.269. The van der Waals surface area contributed by atoms with E-state index in [1.807, 2.05) is 0 Å². The molecule has 0 saturated carbocycles. The summed E-state index contributed by atoms with van der Waals surface area (Å²) in [5, 5.41) is 1.33. The maximum absolute atomic E-state index is 12.7. The summed E-state index contributed by atoms with van der Waals surface area (Å²) >= 11 is 4.97. The SMILES string of the molecule is O=C(Cl)Nc1ccccc1F. The molecular weight excluding hydrogens is 169 g/mol. The van der Waals surface area contributed by atoms with Gasteiger partial charge in [0, 0.05) is 0 Å². The van der Waals surface area contributed by atoms with E-state index in [0.717, 1.165) is 0 Å². The van der Waals surface area contributed by atoms with Crippen LogP contribution in [0.15, 0.2) is 24.3 Å². The Bertz CT molecular complexity index is 277. The summed E-state index contributed by atoms with van der Waals surface area (Å²) in [6.07, 6.45) is 0. The van der Waals surface area contributed by atoms with Crippen LogP contribution in [-0.2, 0) is 0 Å². The normalized spacial score (nSPS) is 9.27. The number of nitrogens with one attached hydrogen (secondary N) is 1. The van der Waals surface area contributed by atoms with E-state index in [1.165, 1.54) is 18.2 Å². The summed E-state index contributed by atoms with van der Waals surface area (Å²) in [4.78, 5) is 10.3. The minimum Gasteiger partial charge on any atom is -0.310 e. The molecule has 0 aliphatic carbocycles. The van der Waals surface area contributed by atoms with Crippen molar-refractivity contribution in [1.29, 1.82) is 0 Å². The molecule has 0 atom stereocenters. The maximum atomic E-state index is 12.7. The first-order valence-electron chi connectivity index (χ1n) is 2.91. The van der Waals surface area contributed by atoms with Gasteiger partial charge in [-0.2, -0.15) is 0 Å². The van der Waals surface area contributed by atoms with Crippen LogP contribution in [0.1, 0.15) is 0 Å². The van der Waals surface area contributed by atoms with Gasteiger partial charge in [0.15, 0.2) is 0 Å². The number of carbonyl (C=O) groups is 1. The molecule has 0 radical (unpaired) electrons. The summed E-state index contributed by atoms with van der Waals surface area (Å²) < 4.78 is 12.7. The Kier molecular flexibility index (Phi) is 2.44. The van der Waals surface area contributed by atoms with Crippen LogP contribution < -0.4 is 5.32 Å². The number of carbonyl (C=O) groups excluding carboxylic acids is 1. The Balaban J connectivity index is 2.86. The van der Waals surface area contributed by atoms with Gasteiger partial charge in [0.05, 0.1) is 5.69 Å². The van der Waals surface area contributed by atoms with Crippen LogP contribution >= 0.6 is 11.6 Å². The highest BCUT2D eigenvalue weighted by Crippen LogP contribution is 2.12. The van der Waals surface area contributed by atoms with Crippen molar-refractivity contribution in [2.75, 3.05) is 5.32 Å². The summed E-state index contributed by atoms with van der Waals surface area (Å²) in [5.74, 6) is -0.499. The number of rotatable bonds is 1. The van der Waals surface area contributed by atoms with Crippen molar-refractivity contribution in [2.45, 2.75) is 0 Å². The molecule has 0 saturated heterocycles. The Labute approximate surface area is 68.0 Å². The smallest absolute Gasteiger partial charge is 0.310 e. The monoisotopic (exact) mass is 173 g/mol. The van der Waals surface area contributed by atoms with E-state index < -0.39 is 11.2 Å². The lowest BCUT2D eigenvalue weighted by atomic mass is 10.3. The van der Waals surface area contributed by atoms with E-state index >= 15 is 0 Å². The Morgan fingerprint density at radius 2 is 2.09 bits per heavy atom. The number of benzene rings is 1. The van der Waals surface area contributed by atoms with Crippen molar-refractivity contribution in [2.24, 2.45) is 0 Å². The largest absolute Gasteiger partial charge is 0.318 e. The number of hydrogen-bond donors (Lipinski definition) is 1. The fourth-order valence-corrected chi connectivity index (χ4v) is 0.770. The average molecular weight is 174 g/mol. The van der Waals surface area contributed by atoms with Crippen LogP contribution in [0.25, 0.3) is 0 Å². The Morgan fingerprint density at radius 1 is 1.45 bits per heavy atom. The van der Waals surface area contributed by atoms with Crippen molar-refractivity contribution in [3.05, 3.63) is 30.1 Å². The lowest BCUT2D eigenvalue weighted by Gasteiger charge is -1.99. The molecule has 0 heterocycles. The maximum Gasteiger partial charge on any atom is 0.318 e. The minimum absolute atomic E-state index is 0.0903. The topological polar surface area (TPSA) is 29.1 Å². The van der Waals surface area contributed by atoms with E-state index in [9.17, 15) is 9.18 Å².